The molecule has 0 spiro atoms. The van der Waals surface area contributed by atoms with Crippen molar-refractivity contribution in [1.82, 2.24) is 0 Å². The van der Waals surface area contributed by atoms with E-state index in [-0.39, 0.29) is 18.5 Å². The highest BCUT2D eigenvalue weighted by molar-refractivity contribution is 5.56. The average molecular weight is 266 g/mol. The standard InChI is InChI=1S/C15H23FN2O/c1-11(17)14-10-12(16)6-7-15(14)18(8-9-19)13-4-2-3-5-13/h6-7,10-11,13,19H,2-5,8-9,17H2,1H3. The predicted octanol–water partition coefficient (Wildman–Crippen LogP) is 2.59. The van der Waals surface area contributed by atoms with Crippen molar-refractivity contribution in [2.45, 2.75) is 44.7 Å². The Kier molecular flexibility index (Phi) is 4.77. The lowest BCUT2D eigenvalue weighted by Gasteiger charge is -2.33. The maximum absolute atomic E-state index is 13.4. The summed E-state index contributed by atoms with van der Waals surface area (Å²) in [7, 11) is 0. The fourth-order valence-corrected chi connectivity index (χ4v) is 2.98. The molecule has 1 aliphatic carbocycles. The minimum Gasteiger partial charge on any atom is -0.395 e. The zero-order valence-electron chi connectivity index (χ0n) is 11.5. The second-order valence-electron chi connectivity index (χ2n) is 5.35. The van der Waals surface area contributed by atoms with Crippen molar-refractivity contribution in [3.63, 3.8) is 0 Å². The molecule has 0 amide bonds. The zero-order chi connectivity index (χ0) is 13.8. The molecule has 3 N–H and O–H groups in total. The van der Waals surface area contributed by atoms with Gasteiger partial charge in [-0.1, -0.05) is 12.8 Å². The van der Waals surface area contributed by atoms with Crippen molar-refractivity contribution in [2.24, 2.45) is 5.73 Å². The predicted molar refractivity (Wildman–Crippen MR) is 75.7 cm³/mol. The van der Waals surface area contributed by atoms with Crippen LogP contribution in [0.1, 0.15) is 44.2 Å². The molecule has 1 aromatic carbocycles. The van der Waals surface area contributed by atoms with Crippen LogP contribution in [0.3, 0.4) is 0 Å². The van der Waals surface area contributed by atoms with Crippen LogP contribution in [-0.2, 0) is 0 Å². The highest BCUT2D eigenvalue weighted by atomic mass is 19.1. The molecule has 0 radical (unpaired) electrons. The van der Waals surface area contributed by atoms with Gasteiger partial charge >= 0.3 is 0 Å². The van der Waals surface area contributed by atoms with E-state index in [0.29, 0.717) is 12.6 Å². The van der Waals surface area contributed by atoms with Gasteiger partial charge in [-0.25, -0.2) is 4.39 Å². The van der Waals surface area contributed by atoms with E-state index in [2.05, 4.69) is 4.90 Å². The quantitative estimate of drug-likeness (QED) is 0.861. The van der Waals surface area contributed by atoms with Crippen molar-refractivity contribution >= 4 is 5.69 Å². The summed E-state index contributed by atoms with van der Waals surface area (Å²) in [6.07, 6.45) is 4.72. The van der Waals surface area contributed by atoms with Gasteiger partial charge in [0, 0.05) is 24.3 Å². The zero-order valence-corrected chi connectivity index (χ0v) is 11.5. The van der Waals surface area contributed by atoms with E-state index in [0.717, 1.165) is 24.1 Å². The van der Waals surface area contributed by atoms with Gasteiger partial charge in [-0.3, -0.25) is 0 Å². The first-order valence-corrected chi connectivity index (χ1v) is 7.06. The molecular weight excluding hydrogens is 243 g/mol. The molecule has 1 aromatic rings. The first-order valence-electron chi connectivity index (χ1n) is 7.06. The van der Waals surface area contributed by atoms with E-state index in [1.807, 2.05) is 6.92 Å². The van der Waals surface area contributed by atoms with Crippen molar-refractivity contribution in [3.05, 3.63) is 29.6 Å². The van der Waals surface area contributed by atoms with Gasteiger partial charge in [0.05, 0.1) is 6.61 Å². The number of nitrogens with zero attached hydrogens (tertiary/aromatic N) is 1. The van der Waals surface area contributed by atoms with E-state index >= 15 is 0 Å². The first kappa shape index (κ1) is 14.3. The summed E-state index contributed by atoms with van der Waals surface area (Å²) in [4.78, 5) is 2.20. The topological polar surface area (TPSA) is 49.5 Å². The van der Waals surface area contributed by atoms with Crippen molar-refractivity contribution < 1.29 is 9.50 Å². The fraction of sp³-hybridized carbons (Fsp3) is 0.600. The van der Waals surface area contributed by atoms with Gasteiger partial charge in [0.2, 0.25) is 0 Å². The molecule has 0 aliphatic heterocycles. The van der Waals surface area contributed by atoms with Gasteiger partial charge in [-0.05, 0) is 43.5 Å². The number of hydrogen-bond acceptors (Lipinski definition) is 3. The fourth-order valence-electron chi connectivity index (χ4n) is 2.98. The smallest absolute Gasteiger partial charge is 0.123 e. The van der Waals surface area contributed by atoms with Gasteiger partial charge in [-0.15, -0.1) is 0 Å². The number of hydrogen-bond donors (Lipinski definition) is 2. The van der Waals surface area contributed by atoms with E-state index in [1.165, 1.54) is 25.0 Å². The third-order valence-electron chi connectivity index (χ3n) is 3.90. The van der Waals surface area contributed by atoms with Crippen LogP contribution in [0.2, 0.25) is 0 Å². The van der Waals surface area contributed by atoms with Crippen LogP contribution in [0.5, 0.6) is 0 Å². The van der Waals surface area contributed by atoms with Gasteiger partial charge in [0.25, 0.3) is 0 Å². The van der Waals surface area contributed by atoms with Crippen molar-refractivity contribution in [2.75, 3.05) is 18.1 Å². The Morgan fingerprint density at radius 2 is 2.11 bits per heavy atom. The Balaban J connectivity index is 2.34. The number of rotatable bonds is 5. The van der Waals surface area contributed by atoms with E-state index in [4.69, 9.17) is 5.73 Å². The minimum atomic E-state index is -0.258. The monoisotopic (exact) mass is 266 g/mol. The Labute approximate surface area is 114 Å². The Morgan fingerprint density at radius 1 is 1.42 bits per heavy atom. The van der Waals surface area contributed by atoms with Gasteiger partial charge < -0.3 is 15.7 Å². The van der Waals surface area contributed by atoms with Crippen LogP contribution in [0.25, 0.3) is 0 Å². The molecule has 106 valence electrons. The lowest BCUT2D eigenvalue weighted by molar-refractivity contribution is 0.297. The lowest BCUT2D eigenvalue weighted by atomic mass is 10.0. The van der Waals surface area contributed by atoms with Gasteiger partial charge in [0.15, 0.2) is 0 Å². The molecule has 0 aromatic heterocycles. The van der Waals surface area contributed by atoms with Crippen LogP contribution in [0.15, 0.2) is 18.2 Å². The molecule has 1 saturated carbocycles. The van der Waals surface area contributed by atoms with E-state index in [1.54, 1.807) is 6.07 Å². The van der Waals surface area contributed by atoms with Crippen molar-refractivity contribution in [3.8, 4) is 0 Å². The summed E-state index contributed by atoms with van der Waals surface area (Å²) in [5.41, 5.74) is 7.75. The molecule has 1 aliphatic rings. The summed E-state index contributed by atoms with van der Waals surface area (Å²) >= 11 is 0. The van der Waals surface area contributed by atoms with Crippen LogP contribution < -0.4 is 10.6 Å². The van der Waals surface area contributed by atoms with Crippen LogP contribution in [0, 0.1) is 5.82 Å². The van der Waals surface area contributed by atoms with E-state index in [9.17, 15) is 9.50 Å². The third kappa shape index (κ3) is 3.25. The molecular formula is C15H23FN2O. The molecule has 2 rings (SSSR count). The average Bonchev–Trinajstić information content (AvgIpc) is 2.90. The Bertz CT molecular complexity index is 417. The second-order valence-corrected chi connectivity index (χ2v) is 5.35. The molecule has 0 bridgehead atoms. The molecule has 4 heteroatoms. The summed E-state index contributed by atoms with van der Waals surface area (Å²) in [6.45, 7) is 2.55. The number of aliphatic hydroxyl groups excluding tert-OH is 1. The summed E-state index contributed by atoms with van der Waals surface area (Å²) in [6, 6.07) is 5.01. The SMILES string of the molecule is CC(N)c1cc(F)ccc1N(CCO)C1CCCC1. The molecule has 1 atom stereocenters. The normalized spacial score (nSPS) is 17.7. The summed E-state index contributed by atoms with van der Waals surface area (Å²) in [5, 5.41) is 9.30. The maximum Gasteiger partial charge on any atom is 0.123 e. The van der Waals surface area contributed by atoms with Crippen molar-refractivity contribution in [1.29, 1.82) is 0 Å². The molecule has 0 saturated heterocycles. The van der Waals surface area contributed by atoms with E-state index < -0.39 is 0 Å². The Morgan fingerprint density at radius 3 is 2.68 bits per heavy atom. The molecule has 0 heterocycles. The number of anilines is 1. The lowest BCUT2D eigenvalue weighted by Crippen LogP contribution is -2.36. The third-order valence-corrected chi connectivity index (χ3v) is 3.90. The second kappa shape index (κ2) is 6.35. The maximum atomic E-state index is 13.4. The number of halogens is 1. The number of aliphatic hydroxyl groups is 1. The summed E-state index contributed by atoms with van der Waals surface area (Å²) in [5.74, 6) is -0.258. The molecule has 3 nitrogen and oxygen atoms in total. The number of benzene rings is 1. The van der Waals surface area contributed by atoms with Gasteiger partial charge in [0.1, 0.15) is 5.82 Å². The molecule has 19 heavy (non-hydrogen) atoms. The highest BCUT2D eigenvalue weighted by Crippen LogP contribution is 2.32. The van der Waals surface area contributed by atoms with Crippen LogP contribution in [-0.4, -0.2) is 24.3 Å². The summed E-state index contributed by atoms with van der Waals surface area (Å²) < 4.78 is 13.4. The number of nitrogens with two attached hydrogens (primary N) is 1. The Hall–Kier alpha value is -1.13. The largest absolute Gasteiger partial charge is 0.395 e. The first-order chi connectivity index (χ1) is 9.13. The van der Waals surface area contributed by atoms with Crippen LogP contribution >= 0.6 is 0 Å². The van der Waals surface area contributed by atoms with Crippen LogP contribution in [0.4, 0.5) is 10.1 Å². The molecule has 1 unspecified atom stereocenters. The van der Waals surface area contributed by atoms with Gasteiger partial charge in [-0.2, -0.15) is 0 Å². The molecule has 1 fully saturated rings. The highest BCUT2D eigenvalue weighted by Gasteiger charge is 2.25. The minimum absolute atomic E-state index is 0.103.